The van der Waals surface area contributed by atoms with Gasteiger partial charge in [0, 0.05) is 19.2 Å². The second-order valence-corrected chi connectivity index (χ2v) is 4.18. The average Bonchev–Trinajstić information content (AvgIpc) is 2.17. The molecule has 5 heteroatoms. The highest BCUT2D eigenvalue weighted by Gasteiger charge is 2.17. The Bertz CT molecular complexity index is 323. The molecule has 0 amide bonds. The van der Waals surface area contributed by atoms with Crippen molar-refractivity contribution >= 4 is 17.6 Å². The number of anilines is 3. The van der Waals surface area contributed by atoms with Gasteiger partial charge >= 0.3 is 0 Å². The Balaban J connectivity index is 2.15. The predicted octanol–water partition coefficient (Wildman–Crippen LogP) is 0.877. The van der Waals surface area contributed by atoms with E-state index in [0.29, 0.717) is 5.82 Å². The highest BCUT2D eigenvalue weighted by atomic mass is 15.2. The Labute approximate surface area is 89.5 Å². The molecule has 2 rings (SSSR count). The minimum absolute atomic E-state index is 0.253. The van der Waals surface area contributed by atoms with Gasteiger partial charge in [-0.3, -0.25) is 0 Å². The maximum atomic E-state index is 5.64. The van der Waals surface area contributed by atoms with Crippen molar-refractivity contribution < 1.29 is 0 Å². The third kappa shape index (κ3) is 2.29. The van der Waals surface area contributed by atoms with Crippen molar-refractivity contribution in [2.45, 2.75) is 19.8 Å². The fourth-order valence-corrected chi connectivity index (χ4v) is 1.87. The number of hydrogen-bond donors (Lipinski definition) is 2. The van der Waals surface area contributed by atoms with Crippen LogP contribution < -0.4 is 16.4 Å². The minimum Gasteiger partial charge on any atom is -0.383 e. The summed E-state index contributed by atoms with van der Waals surface area (Å²) in [6, 6.07) is 1.78. The van der Waals surface area contributed by atoms with Gasteiger partial charge < -0.3 is 16.4 Å². The second kappa shape index (κ2) is 3.92. The summed E-state index contributed by atoms with van der Waals surface area (Å²) in [4.78, 5) is 10.3. The van der Waals surface area contributed by atoms with Crippen LogP contribution in [0.4, 0.5) is 17.6 Å². The van der Waals surface area contributed by atoms with Crippen LogP contribution in [-0.4, -0.2) is 23.1 Å². The summed E-state index contributed by atoms with van der Waals surface area (Å²) in [5, 5.41) is 0. The maximum Gasteiger partial charge on any atom is 0.223 e. The lowest BCUT2D eigenvalue weighted by Crippen LogP contribution is -2.33. The van der Waals surface area contributed by atoms with E-state index in [1.807, 2.05) is 0 Å². The largest absolute Gasteiger partial charge is 0.383 e. The minimum atomic E-state index is 0.253. The van der Waals surface area contributed by atoms with Crippen LogP contribution in [0, 0.1) is 5.92 Å². The van der Waals surface area contributed by atoms with Crippen molar-refractivity contribution in [2.75, 3.05) is 29.5 Å². The van der Waals surface area contributed by atoms with Gasteiger partial charge in [-0.2, -0.15) is 9.97 Å². The molecule has 1 aromatic rings. The standard InChI is InChI=1S/C10H17N5/c1-7-2-4-15(5-3-7)9-6-8(11)13-10(12)14-9/h6-7H,2-5H2,1H3,(H4,11,12,13,14). The molecule has 0 spiro atoms. The first kappa shape index (κ1) is 10.0. The van der Waals surface area contributed by atoms with Crippen molar-refractivity contribution in [3.8, 4) is 0 Å². The molecule has 1 fully saturated rings. The van der Waals surface area contributed by atoms with E-state index in [1.54, 1.807) is 6.07 Å². The van der Waals surface area contributed by atoms with Crippen LogP contribution in [0.25, 0.3) is 0 Å². The van der Waals surface area contributed by atoms with Crippen molar-refractivity contribution in [1.29, 1.82) is 0 Å². The Morgan fingerprint density at radius 2 is 1.93 bits per heavy atom. The zero-order valence-electron chi connectivity index (χ0n) is 8.98. The summed E-state index contributed by atoms with van der Waals surface area (Å²) in [6.45, 7) is 4.33. The molecule has 82 valence electrons. The first-order valence-electron chi connectivity index (χ1n) is 5.30. The molecule has 0 radical (unpaired) electrons. The molecule has 4 N–H and O–H groups in total. The lowest BCUT2D eigenvalue weighted by atomic mass is 9.99. The molecule has 1 saturated heterocycles. The zero-order chi connectivity index (χ0) is 10.8. The van der Waals surface area contributed by atoms with E-state index in [2.05, 4.69) is 21.8 Å². The molecule has 1 aliphatic rings. The van der Waals surface area contributed by atoms with Crippen LogP contribution >= 0.6 is 0 Å². The highest BCUT2D eigenvalue weighted by Crippen LogP contribution is 2.22. The van der Waals surface area contributed by atoms with Crippen LogP contribution in [-0.2, 0) is 0 Å². The topological polar surface area (TPSA) is 81.1 Å². The summed E-state index contributed by atoms with van der Waals surface area (Å²) in [5.74, 6) is 2.35. The monoisotopic (exact) mass is 207 g/mol. The average molecular weight is 207 g/mol. The number of rotatable bonds is 1. The molecule has 15 heavy (non-hydrogen) atoms. The van der Waals surface area contributed by atoms with Gasteiger partial charge in [0.2, 0.25) is 5.95 Å². The number of nitrogens with zero attached hydrogens (tertiary/aromatic N) is 3. The maximum absolute atomic E-state index is 5.64. The number of piperidine rings is 1. The fraction of sp³-hybridized carbons (Fsp3) is 0.600. The van der Waals surface area contributed by atoms with E-state index < -0.39 is 0 Å². The Kier molecular flexibility index (Phi) is 2.62. The third-order valence-electron chi connectivity index (χ3n) is 2.86. The Morgan fingerprint density at radius 3 is 2.53 bits per heavy atom. The van der Waals surface area contributed by atoms with Crippen LogP contribution in [0.15, 0.2) is 6.07 Å². The molecule has 0 aliphatic carbocycles. The van der Waals surface area contributed by atoms with Gasteiger partial charge in [-0.15, -0.1) is 0 Å². The van der Waals surface area contributed by atoms with Gasteiger partial charge in [0.25, 0.3) is 0 Å². The van der Waals surface area contributed by atoms with E-state index in [1.165, 1.54) is 12.8 Å². The van der Waals surface area contributed by atoms with E-state index in [-0.39, 0.29) is 5.95 Å². The van der Waals surface area contributed by atoms with Crippen molar-refractivity contribution in [1.82, 2.24) is 9.97 Å². The van der Waals surface area contributed by atoms with Gasteiger partial charge in [0.05, 0.1) is 0 Å². The lowest BCUT2D eigenvalue weighted by molar-refractivity contribution is 0.436. The summed E-state index contributed by atoms with van der Waals surface area (Å²) < 4.78 is 0. The predicted molar refractivity (Wildman–Crippen MR) is 61.5 cm³/mol. The van der Waals surface area contributed by atoms with Gasteiger partial charge in [-0.05, 0) is 18.8 Å². The number of aromatic nitrogens is 2. The number of nitrogen functional groups attached to an aromatic ring is 2. The molecule has 5 nitrogen and oxygen atoms in total. The van der Waals surface area contributed by atoms with Gasteiger partial charge in [0.15, 0.2) is 0 Å². The molecule has 0 atom stereocenters. The van der Waals surface area contributed by atoms with E-state index in [0.717, 1.165) is 24.8 Å². The molecule has 0 aromatic carbocycles. The van der Waals surface area contributed by atoms with Crippen LogP contribution in [0.5, 0.6) is 0 Å². The first-order valence-corrected chi connectivity index (χ1v) is 5.30. The number of hydrogen-bond acceptors (Lipinski definition) is 5. The SMILES string of the molecule is CC1CCN(c2cc(N)nc(N)n2)CC1. The Hall–Kier alpha value is -1.52. The van der Waals surface area contributed by atoms with E-state index in [9.17, 15) is 0 Å². The van der Waals surface area contributed by atoms with Gasteiger partial charge in [-0.25, -0.2) is 0 Å². The third-order valence-corrected chi connectivity index (χ3v) is 2.86. The van der Waals surface area contributed by atoms with Gasteiger partial charge in [0.1, 0.15) is 11.6 Å². The molecule has 1 aliphatic heterocycles. The van der Waals surface area contributed by atoms with Crippen LogP contribution in [0.1, 0.15) is 19.8 Å². The lowest BCUT2D eigenvalue weighted by Gasteiger charge is -2.31. The highest BCUT2D eigenvalue weighted by molar-refractivity contribution is 5.50. The van der Waals surface area contributed by atoms with Crippen LogP contribution in [0.3, 0.4) is 0 Å². The quantitative estimate of drug-likeness (QED) is 0.714. The molecule has 0 bridgehead atoms. The summed E-state index contributed by atoms with van der Waals surface area (Å²) in [7, 11) is 0. The van der Waals surface area contributed by atoms with Gasteiger partial charge in [-0.1, -0.05) is 6.92 Å². The first-order chi connectivity index (χ1) is 7.15. The molecule has 2 heterocycles. The van der Waals surface area contributed by atoms with Crippen LogP contribution in [0.2, 0.25) is 0 Å². The fourth-order valence-electron chi connectivity index (χ4n) is 1.87. The van der Waals surface area contributed by atoms with Crippen molar-refractivity contribution in [3.63, 3.8) is 0 Å². The molecular formula is C10H17N5. The van der Waals surface area contributed by atoms with E-state index >= 15 is 0 Å². The summed E-state index contributed by atoms with van der Waals surface area (Å²) in [5.41, 5.74) is 11.2. The Morgan fingerprint density at radius 1 is 1.27 bits per heavy atom. The molecule has 0 unspecified atom stereocenters. The molecule has 1 aromatic heterocycles. The molecule has 0 saturated carbocycles. The summed E-state index contributed by atoms with van der Waals surface area (Å²) in [6.07, 6.45) is 2.40. The van der Waals surface area contributed by atoms with Crippen molar-refractivity contribution in [2.24, 2.45) is 5.92 Å². The smallest absolute Gasteiger partial charge is 0.223 e. The van der Waals surface area contributed by atoms with E-state index in [4.69, 9.17) is 11.5 Å². The summed E-state index contributed by atoms with van der Waals surface area (Å²) >= 11 is 0. The molecular weight excluding hydrogens is 190 g/mol. The normalized spacial score (nSPS) is 18.1. The number of nitrogens with two attached hydrogens (primary N) is 2. The second-order valence-electron chi connectivity index (χ2n) is 4.18. The zero-order valence-corrected chi connectivity index (χ0v) is 8.98. The van der Waals surface area contributed by atoms with Crippen molar-refractivity contribution in [3.05, 3.63) is 6.07 Å².